The van der Waals surface area contributed by atoms with E-state index in [2.05, 4.69) is 25.5 Å². The molecule has 0 aliphatic carbocycles. The highest BCUT2D eigenvalue weighted by Gasteiger charge is 2.23. The summed E-state index contributed by atoms with van der Waals surface area (Å²) in [6.07, 6.45) is 5.78. The molecule has 0 aliphatic heterocycles. The number of primary amides is 2. The van der Waals surface area contributed by atoms with Crippen molar-refractivity contribution in [2.24, 2.45) is 11.5 Å². The summed E-state index contributed by atoms with van der Waals surface area (Å²) in [6.45, 7) is 10.1. The molecule has 5 aromatic heterocycles. The van der Waals surface area contributed by atoms with Gasteiger partial charge >= 0.3 is 0 Å². The number of aryl methyl sites for hydroxylation is 4. The molecular formula is C39H47N13O5. The third-order valence-electron chi connectivity index (χ3n) is 9.26. The van der Waals surface area contributed by atoms with Gasteiger partial charge in [-0.3, -0.25) is 38.4 Å². The van der Waals surface area contributed by atoms with E-state index in [-0.39, 0.29) is 42.4 Å². The number of anilines is 1. The van der Waals surface area contributed by atoms with Gasteiger partial charge in [0, 0.05) is 44.5 Å². The number of nitrogens with zero attached hydrogens (tertiary/aromatic N) is 10. The maximum absolute atomic E-state index is 13.8. The first-order chi connectivity index (χ1) is 27.3. The number of nitrogens with one attached hydrogen (secondary N) is 1. The maximum Gasteiger partial charge on any atom is 0.276 e. The normalized spacial score (nSPS) is 11.7. The smallest absolute Gasteiger partial charge is 0.276 e. The van der Waals surface area contributed by atoms with Crippen molar-refractivity contribution in [2.75, 3.05) is 32.6 Å². The number of nitrogens with two attached hydrogens (primary N) is 2. The van der Waals surface area contributed by atoms with Gasteiger partial charge in [-0.25, -0.2) is 15.0 Å². The van der Waals surface area contributed by atoms with Gasteiger partial charge in [0.2, 0.25) is 17.8 Å². The fraction of sp³-hybridized carbons (Fsp3) is 0.359. The molecule has 5 N–H and O–H groups in total. The van der Waals surface area contributed by atoms with Gasteiger partial charge in [0.05, 0.1) is 35.5 Å². The van der Waals surface area contributed by atoms with Crippen molar-refractivity contribution in [3.05, 3.63) is 88.4 Å². The number of ether oxygens (including phenoxy) is 1. The Kier molecular flexibility index (Phi) is 11.9. The Morgan fingerprint density at radius 1 is 0.825 bits per heavy atom. The second-order valence-corrected chi connectivity index (χ2v) is 13.8. The van der Waals surface area contributed by atoms with Crippen molar-refractivity contribution in [2.45, 2.75) is 66.7 Å². The largest absolute Gasteiger partial charge is 0.491 e. The molecule has 6 aromatic rings. The first-order valence-corrected chi connectivity index (χ1v) is 18.6. The number of fused-ring (bicyclic) bond motifs is 2. The molecule has 0 radical (unpaired) electrons. The molecule has 57 heavy (non-hydrogen) atoms. The lowest BCUT2D eigenvalue weighted by Crippen LogP contribution is -2.20. The van der Waals surface area contributed by atoms with Crippen molar-refractivity contribution < 1.29 is 23.9 Å². The minimum atomic E-state index is -0.660. The van der Waals surface area contributed by atoms with Crippen LogP contribution in [-0.4, -0.2) is 99.3 Å². The number of Topliss-reactive ketones (excluding diaryl/α,β-unsaturated/α-hetero) is 1. The molecule has 0 atom stereocenters. The van der Waals surface area contributed by atoms with Crippen LogP contribution in [0.1, 0.15) is 79.2 Å². The fourth-order valence-electron chi connectivity index (χ4n) is 6.58. The molecule has 0 saturated carbocycles. The molecule has 18 nitrogen and oxygen atoms in total. The molecular weight excluding hydrogens is 731 g/mol. The number of hydrogen-bond donors (Lipinski definition) is 3. The summed E-state index contributed by atoms with van der Waals surface area (Å²) in [5, 5.41) is 11.7. The number of allylic oxidation sites excluding steroid dienone is 2. The molecule has 298 valence electrons. The SMILES string of the molecule is CCn1nc(C)cc1C(=O)Cc1nc2cc(C(N)=O)cc(OCCCN(C)C)c2n1C/C=C/Cn1c(NC(=O)c2cc(C)nn2CC)nc2cc(C(N)=O)cnc21. The fourth-order valence-corrected chi connectivity index (χ4v) is 6.58. The van der Waals surface area contributed by atoms with Gasteiger partial charge in [-0.2, -0.15) is 10.2 Å². The van der Waals surface area contributed by atoms with E-state index in [0.717, 1.165) is 18.7 Å². The number of rotatable bonds is 18. The summed E-state index contributed by atoms with van der Waals surface area (Å²) >= 11 is 0. The first kappa shape index (κ1) is 40.0. The zero-order valence-electron chi connectivity index (χ0n) is 32.9. The highest BCUT2D eigenvalue weighted by atomic mass is 16.5. The molecule has 0 unspecified atom stereocenters. The van der Waals surface area contributed by atoms with E-state index in [1.807, 2.05) is 56.5 Å². The van der Waals surface area contributed by atoms with Gasteiger partial charge < -0.3 is 25.7 Å². The topological polar surface area (TPSA) is 229 Å². The molecule has 0 aliphatic rings. The van der Waals surface area contributed by atoms with Crippen molar-refractivity contribution in [3.63, 3.8) is 0 Å². The quantitative estimate of drug-likeness (QED) is 0.0652. The van der Waals surface area contributed by atoms with Crippen LogP contribution >= 0.6 is 0 Å². The van der Waals surface area contributed by atoms with E-state index < -0.39 is 17.7 Å². The number of amides is 3. The summed E-state index contributed by atoms with van der Waals surface area (Å²) in [6, 6.07) is 8.18. The van der Waals surface area contributed by atoms with Gasteiger partial charge in [0.25, 0.3) is 5.91 Å². The third kappa shape index (κ3) is 8.75. The van der Waals surface area contributed by atoms with Crippen molar-refractivity contribution in [1.82, 2.24) is 48.5 Å². The van der Waals surface area contributed by atoms with Crippen molar-refractivity contribution in [3.8, 4) is 5.75 Å². The van der Waals surface area contributed by atoms with E-state index in [1.54, 1.807) is 45.1 Å². The summed E-state index contributed by atoms with van der Waals surface area (Å²) < 4.78 is 13.1. The lowest BCUT2D eigenvalue weighted by atomic mass is 10.1. The van der Waals surface area contributed by atoms with Gasteiger partial charge in [-0.15, -0.1) is 0 Å². The molecule has 0 bridgehead atoms. The summed E-state index contributed by atoms with van der Waals surface area (Å²) in [5.74, 6) is -0.822. The number of pyridine rings is 1. The van der Waals surface area contributed by atoms with E-state index >= 15 is 0 Å². The first-order valence-electron chi connectivity index (χ1n) is 18.6. The zero-order valence-corrected chi connectivity index (χ0v) is 32.9. The highest BCUT2D eigenvalue weighted by Crippen LogP contribution is 2.30. The molecule has 18 heteroatoms. The average molecular weight is 778 g/mol. The Labute approximate surface area is 328 Å². The molecule has 0 spiro atoms. The van der Waals surface area contributed by atoms with Crippen LogP contribution in [0.4, 0.5) is 5.95 Å². The number of aromatic nitrogens is 9. The summed E-state index contributed by atoms with van der Waals surface area (Å²) in [5.41, 5.74) is 15.7. The summed E-state index contributed by atoms with van der Waals surface area (Å²) in [7, 11) is 3.95. The monoisotopic (exact) mass is 777 g/mol. The number of carbonyl (C=O) groups is 4. The molecule has 0 fully saturated rings. The van der Waals surface area contributed by atoms with Crippen LogP contribution in [0.25, 0.3) is 22.2 Å². The minimum absolute atomic E-state index is 0.0537. The molecule has 0 saturated heterocycles. The van der Waals surface area contributed by atoms with Crippen LogP contribution in [0.3, 0.4) is 0 Å². The lowest BCUT2D eigenvalue weighted by Gasteiger charge is -2.14. The van der Waals surface area contributed by atoms with Crippen LogP contribution in [-0.2, 0) is 32.6 Å². The van der Waals surface area contributed by atoms with E-state index in [0.29, 0.717) is 70.5 Å². The molecule has 1 aromatic carbocycles. The molecule has 3 amide bonds. The predicted octanol–water partition coefficient (Wildman–Crippen LogP) is 3.29. The van der Waals surface area contributed by atoms with Gasteiger partial charge in [-0.1, -0.05) is 12.2 Å². The second kappa shape index (κ2) is 17.0. The highest BCUT2D eigenvalue weighted by molar-refractivity contribution is 6.03. The zero-order chi connectivity index (χ0) is 41.0. The Morgan fingerprint density at radius 2 is 1.46 bits per heavy atom. The lowest BCUT2D eigenvalue weighted by molar-refractivity contribution is 0.0975. The number of carbonyl (C=O) groups excluding carboxylic acids is 4. The Bertz CT molecular complexity index is 2520. The average Bonchev–Trinajstić information content (AvgIpc) is 3.93. The number of benzene rings is 1. The third-order valence-corrected chi connectivity index (χ3v) is 9.26. The molecule has 6 rings (SSSR count). The second-order valence-electron chi connectivity index (χ2n) is 13.8. The van der Waals surface area contributed by atoms with Crippen LogP contribution in [0.5, 0.6) is 5.75 Å². The van der Waals surface area contributed by atoms with Crippen LogP contribution in [0.15, 0.2) is 48.7 Å². The van der Waals surface area contributed by atoms with E-state index in [1.165, 1.54) is 12.3 Å². The van der Waals surface area contributed by atoms with E-state index in [4.69, 9.17) is 21.2 Å². The standard InChI is InChI=1S/C39H47N13O5/c1-7-51-29(16-23(3)46-51)31(53)21-33-43-27-18-25(35(40)54)20-32(57-15-11-12-48(5)6)34(27)49(33)13-9-10-14-50-37-28(19-26(22-42-37)36(41)55)44-39(50)45-38(56)30-17-24(4)47-52(30)8-2/h9-10,16-20,22H,7-8,11-15,21H2,1-6H3,(H2,40,54)(H2,41,55)(H,44,45,56)/b10-9+. The van der Waals surface area contributed by atoms with Gasteiger partial charge in [-0.05, 0) is 78.5 Å². The van der Waals surface area contributed by atoms with Crippen molar-refractivity contribution >= 4 is 51.7 Å². The van der Waals surface area contributed by atoms with Crippen LogP contribution in [0.2, 0.25) is 0 Å². The molecule has 5 heterocycles. The Hall–Kier alpha value is -6.69. The predicted molar refractivity (Wildman–Crippen MR) is 213 cm³/mol. The van der Waals surface area contributed by atoms with Gasteiger partial charge in [0.15, 0.2) is 11.4 Å². The van der Waals surface area contributed by atoms with Crippen molar-refractivity contribution in [1.29, 1.82) is 0 Å². The van der Waals surface area contributed by atoms with Crippen LogP contribution < -0.4 is 21.5 Å². The number of imidazole rings is 2. The van der Waals surface area contributed by atoms with E-state index in [9.17, 15) is 19.2 Å². The van der Waals surface area contributed by atoms with Crippen LogP contribution in [0, 0.1) is 13.8 Å². The Morgan fingerprint density at radius 3 is 2.11 bits per heavy atom. The number of hydrogen-bond acceptors (Lipinski definition) is 11. The Balaban J connectivity index is 1.37. The minimum Gasteiger partial charge on any atom is -0.491 e. The maximum atomic E-state index is 13.8. The number of ketones is 1. The van der Waals surface area contributed by atoms with Gasteiger partial charge in [0.1, 0.15) is 34.0 Å². The summed E-state index contributed by atoms with van der Waals surface area (Å²) in [4.78, 5) is 67.6.